The molecule has 0 saturated carbocycles. The van der Waals surface area contributed by atoms with Gasteiger partial charge in [0.25, 0.3) is 0 Å². The van der Waals surface area contributed by atoms with Crippen molar-refractivity contribution in [1.82, 2.24) is 4.90 Å². The zero-order chi connectivity index (χ0) is 12.0. The Morgan fingerprint density at radius 2 is 2.12 bits per heavy atom. The number of unbranched alkanes of at least 4 members (excludes halogenated alkanes) is 2. The number of carbonyl (C=O) groups is 1. The molecule has 1 saturated heterocycles. The molecular formula is C13H25NO2. The van der Waals surface area contributed by atoms with Crippen molar-refractivity contribution in [1.29, 1.82) is 0 Å². The molecule has 16 heavy (non-hydrogen) atoms. The molecule has 0 aromatic rings. The molecule has 1 aliphatic heterocycles. The summed E-state index contributed by atoms with van der Waals surface area (Å²) in [7, 11) is 0. The average molecular weight is 227 g/mol. The van der Waals surface area contributed by atoms with Crippen molar-refractivity contribution in [3.8, 4) is 0 Å². The Morgan fingerprint density at radius 3 is 2.69 bits per heavy atom. The van der Waals surface area contributed by atoms with Gasteiger partial charge in [-0.15, -0.1) is 0 Å². The summed E-state index contributed by atoms with van der Waals surface area (Å²) in [5.41, 5.74) is 0. The minimum Gasteiger partial charge on any atom is -0.481 e. The molecular weight excluding hydrogens is 202 g/mol. The monoisotopic (exact) mass is 227 g/mol. The molecule has 1 atom stereocenters. The van der Waals surface area contributed by atoms with Crippen LogP contribution in [0, 0.1) is 11.8 Å². The molecule has 0 amide bonds. The third kappa shape index (κ3) is 4.97. The van der Waals surface area contributed by atoms with Crippen molar-refractivity contribution in [3.05, 3.63) is 0 Å². The molecule has 1 N–H and O–H groups in total. The van der Waals surface area contributed by atoms with Crippen LogP contribution in [0.4, 0.5) is 0 Å². The van der Waals surface area contributed by atoms with Crippen LogP contribution in [-0.2, 0) is 4.79 Å². The standard InChI is InChI=1S/C13H25NO2/c1-11(2)12-7-9-14(10-12)8-5-3-4-6-13(15)16/h11-12H,3-10H2,1-2H3,(H,15,16). The Kier molecular flexibility index (Phi) is 5.81. The van der Waals surface area contributed by atoms with E-state index in [2.05, 4.69) is 18.7 Å². The highest BCUT2D eigenvalue weighted by Gasteiger charge is 2.23. The van der Waals surface area contributed by atoms with E-state index in [0.717, 1.165) is 37.6 Å². The fourth-order valence-electron chi connectivity index (χ4n) is 2.40. The molecule has 94 valence electrons. The van der Waals surface area contributed by atoms with Crippen LogP contribution in [0.2, 0.25) is 0 Å². The van der Waals surface area contributed by atoms with E-state index < -0.39 is 5.97 Å². The maximum Gasteiger partial charge on any atom is 0.303 e. The van der Waals surface area contributed by atoms with E-state index in [1.165, 1.54) is 19.5 Å². The fraction of sp³-hybridized carbons (Fsp3) is 0.923. The van der Waals surface area contributed by atoms with Gasteiger partial charge in [0.15, 0.2) is 0 Å². The Labute approximate surface area is 98.8 Å². The van der Waals surface area contributed by atoms with Crippen LogP contribution in [0.3, 0.4) is 0 Å². The van der Waals surface area contributed by atoms with Gasteiger partial charge in [0, 0.05) is 13.0 Å². The average Bonchev–Trinajstić information content (AvgIpc) is 2.65. The number of hydrogen-bond donors (Lipinski definition) is 1. The molecule has 1 unspecified atom stereocenters. The molecule has 0 radical (unpaired) electrons. The number of nitrogens with zero attached hydrogens (tertiary/aromatic N) is 1. The van der Waals surface area contributed by atoms with E-state index in [-0.39, 0.29) is 0 Å². The third-order valence-corrected chi connectivity index (χ3v) is 3.62. The first-order valence-corrected chi connectivity index (χ1v) is 6.53. The van der Waals surface area contributed by atoms with E-state index in [1.54, 1.807) is 0 Å². The second-order valence-corrected chi connectivity index (χ2v) is 5.30. The highest BCUT2D eigenvalue weighted by atomic mass is 16.4. The quantitative estimate of drug-likeness (QED) is 0.680. The summed E-state index contributed by atoms with van der Waals surface area (Å²) in [6.07, 6.45) is 4.70. The molecule has 1 fully saturated rings. The van der Waals surface area contributed by atoms with Gasteiger partial charge in [-0.3, -0.25) is 4.79 Å². The van der Waals surface area contributed by atoms with Gasteiger partial charge in [-0.1, -0.05) is 20.3 Å². The highest BCUT2D eigenvalue weighted by Crippen LogP contribution is 2.23. The predicted octanol–water partition coefficient (Wildman–Crippen LogP) is 2.61. The number of rotatable bonds is 7. The van der Waals surface area contributed by atoms with Crippen molar-refractivity contribution in [2.24, 2.45) is 11.8 Å². The summed E-state index contributed by atoms with van der Waals surface area (Å²) in [6.45, 7) is 8.25. The Hall–Kier alpha value is -0.570. The van der Waals surface area contributed by atoms with E-state index in [9.17, 15) is 4.79 Å². The molecule has 3 heteroatoms. The summed E-state index contributed by atoms with van der Waals surface area (Å²) in [5, 5.41) is 8.51. The van der Waals surface area contributed by atoms with Crippen LogP contribution in [0.15, 0.2) is 0 Å². The third-order valence-electron chi connectivity index (χ3n) is 3.62. The molecule has 0 aromatic carbocycles. The largest absolute Gasteiger partial charge is 0.481 e. The SMILES string of the molecule is CC(C)C1CCN(CCCCCC(=O)O)C1. The lowest BCUT2D eigenvalue weighted by Crippen LogP contribution is -2.23. The Bertz CT molecular complexity index is 216. The number of likely N-dealkylation sites (tertiary alicyclic amines) is 1. The Balaban J connectivity index is 2.00. The fourth-order valence-corrected chi connectivity index (χ4v) is 2.40. The normalized spacial score (nSPS) is 21.8. The first kappa shape index (κ1) is 13.5. The van der Waals surface area contributed by atoms with Crippen molar-refractivity contribution >= 4 is 5.97 Å². The highest BCUT2D eigenvalue weighted by molar-refractivity contribution is 5.66. The molecule has 1 rings (SSSR count). The van der Waals surface area contributed by atoms with Crippen molar-refractivity contribution in [3.63, 3.8) is 0 Å². The minimum absolute atomic E-state index is 0.328. The van der Waals surface area contributed by atoms with Crippen LogP contribution in [0.1, 0.15) is 46.0 Å². The van der Waals surface area contributed by atoms with Crippen molar-refractivity contribution < 1.29 is 9.90 Å². The molecule has 0 aromatic heterocycles. The zero-order valence-corrected chi connectivity index (χ0v) is 10.6. The van der Waals surface area contributed by atoms with E-state index in [0.29, 0.717) is 6.42 Å². The first-order chi connectivity index (χ1) is 7.59. The lowest BCUT2D eigenvalue weighted by molar-refractivity contribution is -0.137. The van der Waals surface area contributed by atoms with Crippen LogP contribution in [0.5, 0.6) is 0 Å². The molecule has 0 aliphatic carbocycles. The van der Waals surface area contributed by atoms with Gasteiger partial charge in [-0.2, -0.15) is 0 Å². The van der Waals surface area contributed by atoms with E-state index in [1.807, 2.05) is 0 Å². The molecule has 3 nitrogen and oxygen atoms in total. The van der Waals surface area contributed by atoms with Gasteiger partial charge >= 0.3 is 5.97 Å². The van der Waals surface area contributed by atoms with Crippen LogP contribution in [0.25, 0.3) is 0 Å². The second-order valence-electron chi connectivity index (χ2n) is 5.30. The van der Waals surface area contributed by atoms with Crippen LogP contribution in [-0.4, -0.2) is 35.6 Å². The minimum atomic E-state index is -0.666. The van der Waals surface area contributed by atoms with Crippen molar-refractivity contribution in [2.75, 3.05) is 19.6 Å². The molecule has 0 bridgehead atoms. The number of aliphatic carboxylic acids is 1. The van der Waals surface area contributed by atoms with Gasteiger partial charge in [0.05, 0.1) is 0 Å². The first-order valence-electron chi connectivity index (χ1n) is 6.53. The second kappa shape index (κ2) is 6.89. The lowest BCUT2D eigenvalue weighted by Gasteiger charge is -2.17. The topological polar surface area (TPSA) is 40.5 Å². The molecule has 0 spiro atoms. The lowest BCUT2D eigenvalue weighted by atomic mass is 9.95. The van der Waals surface area contributed by atoms with Crippen LogP contribution < -0.4 is 0 Å². The van der Waals surface area contributed by atoms with Gasteiger partial charge < -0.3 is 10.0 Å². The summed E-state index contributed by atoms with van der Waals surface area (Å²) < 4.78 is 0. The molecule has 1 aliphatic rings. The van der Waals surface area contributed by atoms with Gasteiger partial charge in [0.2, 0.25) is 0 Å². The maximum absolute atomic E-state index is 10.3. The number of carboxylic acids is 1. The van der Waals surface area contributed by atoms with E-state index in [4.69, 9.17) is 5.11 Å². The smallest absolute Gasteiger partial charge is 0.303 e. The summed E-state index contributed by atoms with van der Waals surface area (Å²) >= 11 is 0. The van der Waals surface area contributed by atoms with Gasteiger partial charge in [-0.05, 0) is 44.2 Å². The summed E-state index contributed by atoms with van der Waals surface area (Å²) in [5.74, 6) is 1.01. The zero-order valence-electron chi connectivity index (χ0n) is 10.6. The van der Waals surface area contributed by atoms with E-state index >= 15 is 0 Å². The summed E-state index contributed by atoms with van der Waals surface area (Å²) in [4.78, 5) is 12.9. The number of hydrogen-bond acceptors (Lipinski definition) is 2. The molecule has 1 heterocycles. The van der Waals surface area contributed by atoms with Gasteiger partial charge in [-0.25, -0.2) is 0 Å². The van der Waals surface area contributed by atoms with Crippen molar-refractivity contribution in [2.45, 2.75) is 46.0 Å². The number of carboxylic acid groups (broad SMARTS) is 1. The van der Waals surface area contributed by atoms with Crippen LogP contribution >= 0.6 is 0 Å². The predicted molar refractivity (Wildman–Crippen MR) is 65.5 cm³/mol. The Morgan fingerprint density at radius 1 is 1.38 bits per heavy atom. The maximum atomic E-state index is 10.3. The summed E-state index contributed by atoms with van der Waals surface area (Å²) in [6, 6.07) is 0. The van der Waals surface area contributed by atoms with Gasteiger partial charge in [0.1, 0.15) is 0 Å².